The molecule has 0 aromatic heterocycles. The highest BCUT2D eigenvalue weighted by molar-refractivity contribution is 6.04. The van der Waals surface area contributed by atoms with E-state index in [1.165, 1.54) is 18.2 Å². The lowest BCUT2D eigenvalue weighted by atomic mass is 9.92. The van der Waals surface area contributed by atoms with Crippen molar-refractivity contribution >= 4 is 5.78 Å². The number of rotatable bonds is 2. The van der Waals surface area contributed by atoms with E-state index in [0.717, 1.165) is 30.8 Å². The first kappa shape index (κ1) is 14.6. The van der Waals surface area contributed by atoms with Crippen LogP contribution in [0.4, 0.5) is 13.2 Å². The number of ketones is 1. The fraction of sp³-hybridized carbons (Fsp3) is 0.400. The minimum Gasteiger partial charge on any atom is -0.388 e. The lowest BCUT2D eigenvalue weighted by molar-refractivity contribution is -0.137. The van der Waals surface area contributed by atoms with Gasteiger partial charge in [-0.2, -0.15) is 13.2 Å². The zero-order valence-electron chi connectivity index (χ0n) is 11.3. The highest BCUT2D eigenvalue weighted by Gasteiger charge is 2.30. The number of nitrogens with one attached hydrogen (secondary N) is 1. The third-order valence-electron chi connectivity index (χ3n) is 3.27. The quantitative estimate of drug-likeness (QED) is 0.661. The molecule has 0 bridgehead atoms. The molecule has 0 spiro atoms. The largest absolute Gasteiger partial charge is 0.416 e. The second-order valence-electron chi connectivity index (χ2n) is 5.80. The van der Waals surface area contributed by atoms with Gasteiger partial charge in [0.25, 0.3) is 0 Å². The molecule has 0 radical (unpaired) electrons. The van der Waals surface area contributed by atoms with E-state index in [-0.39, 0.29) is 16.8 Å². The summed E-state index contributed by atoms with van der Waals surface area (Å²) < 4.78 is 37.3. The molecule has 5 heteroatoms. The van der Waals surface area contributed by atoms with Crippen LogP contribution in [-0.2, 0) is 6.18 Å². The maximum atomic E-state index is 12.4. The van der Waals surface area contributed by atoms with Crippen LogP contribution in [0.2, 0.25) is 0 Å². The molecule has 1 saturated heterocycles. The highest BCUT2D eigenvalue weighted by Crippen LogP contribution is 2.30. The number of carbonyl (C=O) groups is 1. The third-order valence-corrected chi connectivity index (χ3v) is 3.27. The molecule has 108 valence electrons. The monoisotopic (exact) mass is 283 g/mol. The van der Waals surface area contributed by atoms with E-state index in [1.54, 1.807) is 0 Å². The molecule has 1 heterocycles. The molecule has 2 nitrogen and oxygen atoms in total. The smallest absolute Gasteiger partial charge is 0.388 e. The van der Waals surface area contributed by atoms with E-state index >= 15 is 0 Å². The van der Waals surface area contributed by atoms with Gasteiger partial charge in [0.15, 0.2) is 5.78 Å². The summed E-state index contributed by atoms with van der Waals surface area (Å²) in [5.74, 6) is -0.279. The predicted octanol–water partition coefficient (Wildman–Crippen LogP) is 3.79. The Morgan fingerprint density at radius 3 is 2.30 bits per heavy atom. The second-order valence-corrected chi connectivity index (χ2v) is 5.80. The van der Waals surface area contributed by atoms with E-state index in [2.05, 4.69) is 19.2 Å². The fourth-order valence-electron chi connectivity index (χ4n) is 2.16. The Morgan fingerprint density at radius 2 is 1.85 bits per heavy atom. The molecular weight excluding hydrogens is 267 g/mol. The van der Waals surface area contributed by atoms with Crippen molar-refractivity contribution in [2.45, 2.75) is 26.4 Å². The summed E-state index contributed by atoms with van der Waals surface area (Å²) in [5.41, 5.74) is 0.449. The average molecular weight is 283 g/mol. The van der Waals surface area contributed by atoms with E-state index in [0.29, 0.717) is 0 Å². The zero-order valence-corrected chi connectivity index (χ0v) is 11.3. The maximum absolute atomic E-state index is 12.4. The number of allylic oxidation sites excluding steroid dienone is 2. The van der Waals surface area contributed by atoms with E-state index in [1.807, 2.05) is 0 Å². The van der Waals surface area contributed by atoms with E-state index in [4.69, 9.17) is 0 Å². The molecule has 1 aliphatic rings. The summed E-state index contributed by atoms with van der Waals surface area (Å²) in [7, 11) is 0. The Labute approximate surface area is 115 Å². The summed E-state index contributed by atoms with van der Waals surface area (Å²) >= 11 is 0. The van der Waals surface area contributed by atoms with Crippen LogP contribution < -0.4 is 5.32 Å². The van der Waals surface area contributed by atoms with Gasteiger partial charge in [-0.25, -0.2) is 0 Å². The standard InChI is InChI=1S/C15H16F3NO/c1-14(2)8-12(19-9-14)7-13(20)10-3-5-11(6-4-10)15(16,17)18/h3-7,19H,8-9H2,1-2H3/b12-7-. The SMILES string of the molecule is CC1(C)CN/C(=C\C(=O)c2ccc(C(F)(F)F)cc2)C1. The molecule has 2 rings (SSSR count). The average Bonchev–Trinajstić information content (AvgIpc) is 2.67. The van der Waals surface area contributed by atoms with E-state index < -0.39 is 11.7 Å². The second kappa shape index (κ2) is 4.96. The Hall–Kier alpha value is -1.78. The molecule has 0 aliphatic carbocycles. The van der Waals surface area contributed by atoms with Crippen molar-refractivity contribution in [3.05, 3.63) is 47.2 Å². The Bertz CT molecular complexity index is 541. The summed E-state index contributed by atoms with van der Waals surface area (Å²) in [6, 6.07) is 4.28. The minimum atomic E-state index is -4.38. The van der Waals surface area contributed by atoms with Crippen molar-refractivity contribution in [1.29, 1.82) is 0 Å². The van der Waals surface area contributed by atoms with Gasteiger partial charge in [0.05, 0.1) is 5.56 Å². The Balaban J connectivity index is 2.13. The number of hydrogen-bond acceptors (Lipinski definition) is 2. The van der Waals surface area contributed by atoms with Gasteiger partial charge in [0, 0.05) is 23.9 Å². The summed E-state index contributed by atoms with van der Waals surface area (Å²) in [6.45, 7) is 4.96. The first-order chi connectivity index (χ1) is 9.17. The Morgan fingerprint density at radius 1 is 1.25 bits per heavy atom. The molecule has 1 N–H and O–H groups in total. The van der Waals surface area contributed by atoms with Crippen molar-refractivity contribution in [1.82, 2.24) is 5.32 Å². The highest BCUT2D eigenvalue weighted by atomic mass is 19.4. The van der Waals surface area contributed by atoms with Crippen molar-refractivity contribution in [2.75, 3.05) is 6.54 Å². The molecule has 0 amide bonds. The van der Waals surface area contributed by atoms with Crippen LogP contribution in [0.1, 0.15) is 36.2 Å². The topological polar surface area (TPSA) is 29.1 Å². The summed E-state index contributed by atoms with van der Waals surface area (Å²) in [6.07, 6.45) is -2.15. The van der Waals surface area contributed by atoms with Gasteiger partial charge in [0.1, 0.15) is 0 Å². The van der Waals surface area contributed by atoms with Crippen molar-refractivity contribution in [3.8, 4) is 0 Å². The van der Waals surface area contributed by atoms with Crippen LogP contribution in [0.3, 0.4) is 0 Å². The van der Waals surface area contributed by atoms with Gasteiger partial charge in [0.2, 0.25) is 0 Å². The lowest BCUT2D eigenvalue weighted by Crippen LogP contribution is -2.15. The Kier molecular flexibility index (Phi) is 3.63. The van der Waals surface area contributed by atoms with Crippen LogP contribution in [0.5, 0.6) is 0 Å². The van der Waals surface area contributed by atoms with Gasteiger partial charge >= 0.3 is 6.18 Å². The van der Waals surface area contributed by atoms with Gasteiger partial charge < -0.3 is 5.32 Å². The zero-order chi connectivity index (χ0) is 15.0. The minimum absolute atomic E-state index is 0.103. The lowest BCUT2D eigenvalue weighted by Gasteiger charge is -2.12. The number of benzene rings is 1. The van der Waals surface area contributed by atoms with Crippen molar-refractivity contribution < 1.29 is 18.0 Å². The summed E-state index contributed by atoms with van der Waals surface area (Å²) in [4.78, 5) is 12.0. The van der Waals surface area contributed by atoms with Crippen molar-refractivity contribution in [3.63, 3.8) is 0 Å². The van der Waals surface area contributed by atoms with Crippen LogP contribution >= 0.6 is 0 Å². The van der Waals surface area contributed by atoms with Crippen LogP contribution in [-0.4, -0.2) is 12.3 Å². The molecule has 1 aliphatic heterocycles. The van der Waals surface area contributed by atoms with Crippen molar-refractivity contribution in [2.24, 2.45) is 5.41 Å². The molecule has 1 aromatic rings. The van der Waals surface area contributed by atoms with Gasteiger partial charge in [-0.15, -0.1) is 0 Å². The first-order valence-electron chi connectivity index (χ1n) is 6.33. The molecule has 1 aromatic carbocycles. The van der Waals surface area contributed by atoms with Gasteiger partial charge in [-0.05, 0) is 24.0 Å². The van der Waals surface area contributed by atoms with Gasteiger partial charge in [-0.1, -0.05) is 26.0 Å². The van der Waals surface area contributed by atoms with Crippen LogP contribution in [0.15, 0.2) is 36.0 Å². The molecular formula is C15H16F3NO. The fourth-order valence-corrected chi connectivity index (χ4v) is 2.16. The molecule has 0 atom stereocenters. The molecule has 1 fully saturated rings. The van der Waals surface area contributed by atoms with Gasteiger partial charge in [-0.3, -0.25) is 4.79 Å². The number of carbonyl (C=O) groups excluding carboxylic acids is 1. The first-order valence-corrected chi connectivity index (χ1v) is 6.33. The van der Waals surface area contributed by atoms with Crippen LogP contribution in [0, 0.1) is 5.41 Å². The maximum Gasteiger partial charge on any atom is 0.416 e. The van der Waals surface area contributed by atoms with Crippen LogP contribution in [0.25, 0.3) is 0 Å². The third kappa shape index (κ3) is 3.40. The predicted molar refractivity (Wildman–Crippen MR) is 70.3 cm³/mol. The molecule has 0 saturated carbocycles. The number of hydrogen-bond donors (Lipinski definition) is 1. The summed E-state index contributed by atoms with van der Waals surface area (Å²) in [5, 5.41) is 3.14. The molecule has 20 heavy (non-hydrogen) atoms. The molecule has 0 unspecified atom stereocenters. The van der Waals surface area contributed by atoms with E-state index in [9.17, 15) is 18.0 Å². The normalized spacial score (nSPS) is 19.9. The number of alkyl halides is 3. The number of halogens is 3.